The van der Waals surface area contributed by atoms with Gasteiger partial charge in [-0.05, 0) is 61.6 Å². The van der Waals surface area contributed by atoms with E-state index in [1.165, 1.54) is 0 Å². The molecule has 0 spiro atoms. The van der Waals surface area contributed by atoms with Gasteiger partial charge in [0, 0.05) is 19.0 Å². The van der Waals surface area contributed by atoms with E-state index in [0.717, 1.165) is 19.2 Å². The smallest absolute Gasteiger partial charge is 0.106 e. The average molecular weight is 430 g/mol. The van der Waals surface area contributed by atoms with Crippen LogP contribution in [-0.4, -0.2) is 5.11 Å². The lowest BCUT2D eigenvalue weighted by atomic mass is 10.0. The third-order valence-electron chi connectivity index (χ3n) is 2.20. The second-order valence-corrected chi connectivity index (χ2v) is 6.42. The van der Waals surface area contributed by atoms with Gasteiger partial charge in [0.2, 0.25) is 0 Å². The SMILES string of the molecule is OC(c1ccc(I)c(Cl)c1)c1cscc1Br. The lowest BCUT2D eigenvalue weighted by Gasteiger charge is -2.11. The number of halogens is 3. The van der Waals surface area contributed by atoms with Crippen molar-refractivity contribution < 1.29 is 5.11 Å². The quantitative estimate of drug-likeness (QED) is 0.677. The van der Waals surface area contributed by atoms with Gasteiger partial charge >= 0.3 is 0 Å². The molecule has 0 saturated carbocycles. The van der Waals surface area contributed by atoms with E-state index in [9.17, 15) is 5.11 Å². The lowest BCUT2D eigenvalue weighted by Crippen LogP contribution is -1.99. The van der Waals surface area contributed by atoms with Crippen LogP contribution in [0.5, 0.6) is 0 Å². The monoisotopic (exact) mass is 428 g/mol. The second kappa shape index (κ2) is 5.35. The maximum atomic E-state index is 10.2. The van der Waals surface area contributed by atoms with E-state index in [1.807, 2.05) is 22.9 Å². The summed E-state index contributed by atoms with van der Waals surface area (Å²) >= 11 is 13.2. The third-order valence-corrected chi connectivity index (χ3v) is 5.52. The first-order valence-electron chi connectivity index (χ1n) is 4.44. The van der Waals surface area contributed by atoms with E-state index in [0.29, 0.717) is 5.02 Å². The largest absolute Gasteiger partial charge is 0.384 e. The van der Waals surface area contributed by atoms with Gasteiger partial charge in [-0.2, -0.15) is 11.3 Å². The van der Waals surface area contributed by atoms with Crippen molar-refractivity contribution in [3.63, 3.8) is 0 Å². The predicted octanol–water partition coefficient (Wildman–Crippen LogP) is 4.85. The van der Waals surface area contributed by atoms with Gasteiger partial charge in [0.1, 0.15) is 6.10 Å². The fraction of sp³-hybridized carbons (Fsp3) is 0.0909. The van der Waals surface area contributed by atoms with Gasteiger partial charge in [-0.25, -0.2) is 0 Å². The molecule has 1 heterocycles. The maximum Gasteiger partial charge on any atom is 0.106 e. The van der Waals surface area contributed by atoms with Crippen LogP contribution in [0.2, 0.25) is 5.02 Å². The van der Waals surface area contributed by atoms with E-state index in [2.05, 4.69) is 38.5 Å². The molecule has 1 atom stereocenters. The van der Waals surface area contributed by atoms with Crippen LogP contribution in [-0.2, 0) is 0 Å². The van der Waals surface area contributed by atoms with Crippen molar-refractivity contribution in [3.8, 4) is 0 Å². The summed E-state index contributed by atoms with van der Waals surface area (Å²) in [5.74, 6) is 0. The first-order valence-corrected chi connectivity index (χ1v) is 7.63. The lowest BCUT2D eigenvalue weighted by molar-refractivity contribution is 0.220. The minimum Gasteiger partial charge on any atom is -0.384 e. The van der Waals surface area contributed by atoms with Crippen LogP contribution in [0.15, 0.2) is 33.4 Å². The zero-order valence-corrected chi connectivity index (χ0v) is 13.3. The summed E-state index contributed by atoms with van der Waals surface area (Å²) < 4.78 is 1.92. The van der Waals surface area contributed by atoms with Crippen molar-refractivity contribution >= 4 is 61.5 Å². The summed E-state index contributed by atoms with van der Waals surface area (Å²) in [6, 6.07) is 5.60. The van der Waals surface area contributed by atoms with E-state index in [1.54, 1.807) is 17.4 Å². The molecule has 1 unspecified atom stereocenters. The van der Waals surface area contributed by atoms with E-state index >= 15 is 0 Å². The molecule has 0 aliphatic carbocycles. The van der Waals surface area contributed by atoms with Crippen LogP contribution in [0.25, 0.3) is 0 Å². The van der Waals surface area contributed by atoms with Crippen LogP contribution in [0, 0.1) is 3.57 Å². The number of aliphatic hydroxyl groups excluding tert-OH is 1. The topological polar surface area (TPSA) is 20.2 Å². The Hall–Kier alpha value is 0.380. The van der Waals surface area contributed by atoms with Gasteiger partial charge in [0.05, 0.1) is 5.02 Å². The zero-order chi connectivity index (χ0) is 11.7. The van der Waals surface area contributed by atoms with Gasteiger partial charge in [0.15, 0.2) is 0 Å². The normalized spacial score (nSPS) is 12.8. The van der Waals surface area contributed by atoms with Gasteiger partial charge in [0.25, 0.3) is 0 Å². The average Bonchev–Trinajstić information content (AvgIpc) is 2.67. The molecule has 0 aliphatic heterocycles. The van der Waals surface area contributed by atoms with E-state index < -0.39 is 6.10 Å². The van der Waals surface area contributed by atoms with Crippen LogP contribution >= 0.6 is 61.5 Å². The highest BCUT2D eigenvalue weighted by atomic mass is 127. The molecule has 1 nitrogen and oxygen atoms in total. The number of hydrogen-bond acceptors (Lipinski definition) is 2. The van der Waals surface area contributed by atoms with Crippen LogP contribution in [0.1, 0.15) is 17.2 Å². The summed E-state index contributed by atoms with van der Waals surface area (Å²) in [7, 11) is 0. The zero-order valence-electron chi connectivity index (χ0n) is 7.95. The molecule has 1 aromatic carbocycles. The van der Waals surface area contributed by atoms with Crippen LogP contribution in [0.4, 0.5) is 0 Å². The maximum absolute atomic E-state index is 10.2. The first kappa shape index (κ1) is 12.8. The number of rotatable bonds is 2. The molecule has 2 rings (SSSR count). The van der Waals surface area contributed by atoms with Crippen molar-refractivity contribution in [1.29, 1.82) is 0 Å². The Morgan fingerprint density at radius 3 is 2.69 bits per heavy atom. The molecule has 0 bridgehead atoms. The van der Waals surface area contributed by atoms with Gasteiger partial charge < -0.3 is 5.11 Å². The Kier molecular flexibility index (Phi) is 4.29. The van der Waals surface area contributed by atoms with E-state index in [4.69, 9.17) is 11.6 Å². The molecular formula is C11H7BrClIOS. The standard InChI is InChI=1S/C11H7BrClIOS/c12-8-5-16-4-7(8)11(15)6-1-2-10(14)9(13)3-6/h1-5,11,15H. The van der Waals surface area contributed by atoms with Crippen LogP contribution in [0.3, 0.4) is 0 Å². The Morgan fingerprint density at radius 1 is 1.38 bits per heavy atom. The third kappa shape index (κ3) is 2.61. The highest BCUT2D eigenvalue weighted by molar-refractivity contribution is 14.1. The molecule has 1 aromatic heterocycles. The molecule has 5 heteroatoms. The number of aliphatic hydroxyl groups is 1. The highest BCUT2D eigenvalue weighted by Gasteiger charge is 2.15. The fourth-order valence-corrected chi connectivity index (χ4v) is 3.41. The Labute approximate surface area is 125 Å². The predicted molar refractivity (Wildman–Crippen MR) is 80.2 cm³/mol. The summed E-state index contributed by atoms with van der Waals surface area (Å²) in [5.41, 5.74) is 1.69. The molecule has 16 heavy (non-hydrogen) atoms. The van der Waals surface area contributed by atoms with Crippen molar-refractivity contribution in [3.05, 3.63) is 53.2 Å². The first-order chi connectivity index (χ1) is 7.59. The molecule has 0 amide bonds. The van der Waals surface area contributed by atoms with Crippen LogP contribution < -0.4 is 0 Å². The molecule has 0 radical (unpaired) electrons. The van der Waals surface area contributed by atoms with Crippen molar-refractivity contribution in [1.82, 2.24) is 0 Å². The molecule has 2 aromatic rings. The van der Waals surface area contributed by atoms with E-state index in [-0.39, 0.29) is 0 Å². The Balaban J connectivity index is 2.38. The number of thiophene rings is 1. The minimum absolute atomic E-state index is 0.630. The second-order valence-electron chi connectivity index (χ2n) is 3.25. The van der Waals surface area contributed by atoms with Gasteiger partial charge in [-0.15, -0.1) is 0 Å². The summed E-state index contributed by atoms with van der Waals surface area (Å²) in [6.07, 6.45) is -0.630. The molecule has 84 valence electrons. The molecule has 1 N–H and O–H groups in total. The van der Waals surface area contributed by atoms with Gasteiger partial charge in [-0.1, -0.05) is 17.7 Å². The molecule has 0 fully saturated rings. The highest BCUT2D eigenvalue weighted by Crippen LogP contribution is 2.33. The minimum atomic E-state index is -0.630. The number of benzene rings is 1. The summed E-state index contributed by atoms with van der Waals surface area (Å²) in [4.78, 5) is 0. The van der Waals surface area contributed by atoms with Crippen molar-refractivity contribution in [2.45, 2.75) is 6.10 Å². The molecule has 0 saturated heterocycles. The Morgan fingerprint density at radius 2 is 2.12 bits per heavy atom. The summed E-state index contributed by atoms with van der Waals surface area (Å²) in [6.45, 7) is 0. The molecular weight excluding hydrogens is 422 g/mol. The summed E-state index contributed by atoms with van der Waals surface area (Å²) in [5, 5.41) is 14.7. The fourth-order valence-electron chi connectivity index (χ4n) is 1.35. The van der Waals surface area contributed by atoms with Gasteiger partial charge in [-0.3, -0.25) is 0 Å². The molecule has 0 aliphatic rings. The van der Waals surface area contributed by atoms with Crippen molar-refractivity contribution in [2.24, 2.45) is 0 Å². The Bertz CT molecular complexity index is 514. The number of hydrogen-bond donors (Lipinski definition) is 1. The van der Waals surface area contributed by atoms with Crippen molar-refractivity contribution in [2.75, 3.05) is 0 Å².